The summed E-state index contributed by atoms with van der Waals surface area (Å²) in [7, 11) is 3.12. The van der Waals surface area contributed by atoms with E-state index in [1.165, 1.54) is 24.3 Å². The first kappa shape index (κ1) is 20.4. The van der Waals surface area contributed by atoms with Crippen LogP contribution >= 0.6 is 11.6 Å². The van der Waals surface area contributed by atoms with Crippen molar-refractivity contribution >= 4 is 40.3 Å². The van der Waals surface area contributed by atoms with Crippen molar-refractivity contribution in [2.45, 2.75) is 0 Å². The van der Waals surface area contributed by atoms with Crippen molar-refractivity contribution in [1.29, 1.82) is 0 Å². The number of rotatable bonds is 4. The molecule has 156 valence electrons. The minimum atomic E-state index is -0.379. The molecule has 0 radical (unpaired) electrons. The second-order valence-electron chi connectivity index (χ2n) is 6.65. The standard InChI is InChI=1S/C22H18ClN5O3/c1-28(15-6-4-14(23)5-7-15)22(30)27-20-12-24-17-9-8-16(25-21(17)26-20)13-3-10-18(29)19(11-13)31-2/h3-12,29H,1-2H3,(H,25,26,27,30). The average Bonchev–Trinajstić information content (AvgIpc) is 2.79. The number of methoxy groups -OCH3 is 1. The summed E-state index contributed by atoms with van der Waals surface area (Å²) in [5, 5.41) is 13.1. The smallest absolute Gasteiger partial charge is 0.327 e. The molecule has 0 atom stereocenters. The van der Waals surface area contributed by atoms with E-state index in [1.807, 2.05) is 0 Å². The zero-order valence-electron chi connectivity index (χ0n) is 16.7. The van der Waals surface area contributed by atoms with Gasteiger partial charge in [0.2, 0.25) is 0 Å². The van der Waals surface area contributed by atoms with Gasteiger partial charge >= 0.3 is 6.03 Å². The molecule has 0 aliphatic rings. The largest absolute Gasteiger partial charge is 0.504 e. The van der Waals surface area contributed by atoms with Crippen LogP contribution in [0.1, 0.15) is 0 Å². The Morgan fingerprint density at radius 3 is 2.61 bits per heavy atom. The molecule has 0 fully saturated rings. The quantitative estimate of drug-likeness (QED) is 0.480. The first-order chi connectivity index (χ1) is 14.9. The number of fused-ring (bicyclic) bond motifs is 1. The first-order valence-electron chi connectivity index (χ1n) is 9.26. The van der Waals surface area contributed by atoms with E-state index >= 15 is 0 Å². The monoisotopic (exact) mass is 435 g/mol. The number of carbonyl (C=O) groups excluding carboxylic acids is 1. The lowest BCUT2D eigenvalue weighted by Crippen LogP contribution is -2.31. The summed E-state index contributed by atoms with van der Waals surface area (Å²) in [6.07, 6.45) is 1.47. The molecule has 8 nitrogen and oxygen atoms in total. The molecule has 4 aromatic rings. The number of aromatic nitrogens is 3. The third-order valence-corrected chi connectivity index (χ3v) is 4.89. The highest BCUT2D eigenvalue weighted by molar-refractivity contribution is 6.30. The van der Waals surface area contributed by atoms with Gasteiger partial charge in [-0.1, -0.05) is 11.6 Å². The van der Waals surface area contributed by atoms with E-state index in [1.54, 1.807) is 55.6 Å². The second-order valence-corrected chi connectivity index (χ2v) is 7.08. The maximum Gasteiger partial charge on any atom is 0.327 e. The van der Waals surface area contributed by atoms with Crippen LogP contribution in [0.4, 0.5) is 16.3 Å². The number of anilines is 2. The number of phenolic OH excluding ortho intramolecular Hbond substituents is 1. The van der Waals surface area contributed by atoms with E-state index in [0.717, 1.165) is 5.56 Å². The summed E-state index contributed by atoms with van der Waals surface area (Å²) < 4.78 is 5.16. The lowest BCUT2D eigenvalue weighted by atomic mass is 10.1. The maximum absolute atomic E-state index is 12.6. The summed E-state index contributed by atoms with van der Waals surface area (Å²) in [6.45, 7) is 0. The Morgan fingerprint density at radius 1 is 1.10 bits per heavy atom. The van der Waals surface area contributed by atoms with Crippen LogP contribution in [0.25, 0.3) is 22.4 Å². The molecular weight excluding hydrogens is 418 g/mol. The number of phenols is 1. The molecule has 9 heteroatoms. The number of carbonyl (C=O) groups is 1. The minimum Gasteiger partial charge on any atom is -0.504 e. The van der Waals surface area contributed by atoms with E-state index < -0.39 is 0 Å². The molecule has 0 unspecified atom stereocenters. The van der Waals surface area contributed by atoms with Gasteiger partial charge in [0.05, 0.1) is 19.0 Å². The van der Waals surface area contributed by atoms with Crippen molar-refractivity contribution in [2.75, 3.05) is 24.4 Å². The molecule has 0 saturated heterocycles. The lowest BCUT2D eigenvalue weighted by Gasteiger charge is -2.17. The van der Waals surface area contributed by atoms with E-state index in [2.05, 4.69) is 20.3 Å². The molecular formula is C22H18ClN5O3. The van der Waals surface area contributed by atoms with Crippen LogP contribution in [0, 0.1) is 0 Å². The number of amides is 2. The van der Waals surface area contributed by atoms with Gasteiger partial charge in [-0.15, -0.1) is 0 Å². The van der Waals surface area contributed by atoms with E-state index in [4.69, 9.17) is 16.3 Å². The number of halogens is 1. The predicted octanol–water partition coefficient (Wildman–Crippen LogP) is 4.73. The van der Waals surface area contributed by atoms with Gasteiger partial charge in [-0.25, -0.2) is 19.7 Å². The number of urea groups is 1. The SMILES string of the molecule is COc1cc(-c2ccc3ncc(NC(=O)N(C)c4ccc(Cl)cc4)nc3n2)ccc1O. The molecule has 0 spiro atoms. The van der Waals surface area contributed by atoms with E-state index in [-0.39, 0.29) is 17.6 Å². The second kappa shape index (κ2) is 8.45. The van der Waals surface area contributed by atoms with Gasteiger partial charge in [-0.3, -0.25) is 10.2 Å². The Kier molecular flexibility index (Phi) is 5.55. The number of nitrogens with zero attached hydrogens (tertiary/aromatic N) is 4. The number of hydrogen-bond donors (Lipinski definition) is 2. The summed E-state index contributed by atoms with van der Waals surface area (Å²) in [4.78, 5) is 27.3. The number of hydrogen-bond acceptors (Lipinski definition) is 6. The number of pyridine rings is 1. The molecule has 0 aliphatic heterocycles. The first-order valence-corrected chi connectivity index (χ1v) is 9.64. The van der Waals surface area contributed by atoms with E-state index in [9.17, 15) is 9.90 Å². The molecule has 2 aromatic carbocycles. The van der Waals surface area contributed by atoms with Crippen molar-refractivity contribution in [2.24, 2.45) is 0 Å². The lowest BCUT2D eigenvalue weighted by molar-refractivity contribution is 0.258. The Morgan fingerprint density at radius 2 is 1.87 bits per heavy atom. The predicted molar refractivity (Wildman–Crippen MR) is 120 cm³/mol. The molecule has 2 N–H and O–H groups in total. The number of nitrogens with one attached hydrogen (secondary N) is 1. The third-order valence-electron chi connectivity index (χ3n) is 4.64. The van der Waals surface area contributed by atoms with Crippen molar-refractivity contribution in [3.8, 4) is 22.8 Å². The Labute approximate surface area is 183 Å². The molecule has 4 rings (SSSR count). The summed E-state index contributed by atoms with van der Waals surface area (Å²) >= 11 is 5.90. The highest BCUT2D eigenvalue weighted by Crippen LogP contribution is 2.31. The van der Waals surface area contributed by atoms with Crippen molar-refractivity contribution < 1.29 is 14.6 Å². The van der Waals surface area contributed by atoms with E-state index in [0.29, 0.717) is 33.3 Å². The highest BCUT2D eigenvalue weighted by atomic mass is 35.5. The Hall–Kier alpha value is -3.91. The molecule has 0 saturated carbocycles. The van der Waals surface area contributed by atoms with Gasteiger partial charge in [-0.05, 0) is 54.6 Å². The van der Waals surface area contributed by atoms with Gasteiger partial charge in [-0.2, -0.15) is 0 Å². The highest BCUT2D eigenvalue weighted by Gasteiger charge is 2.13. The molecule has 2 aromatic heterocycles. The van der Waals surface area contributed by atoms with Crippen LogP contribution < -0.4 is 15.0 Å². The molecule has 2 amide bonds. The van der Waals surface area contributed by atoms with Crippen molar-refractivity contribution in [3.63, 3.8) is 0 Å². The number of aromatic hydroxyl groups is 1. The van der Waals surface area contributed by atoms with Crippen LogP contribution in [0.5, 0.6) is 11.5 Å². The maximum atomic E-state index is 12.6. The topological polar surface area (TPSA) is 100 Å². The third kappa shape index (κ3) is 4.34. The zero-order chi connectivity index (χ0) is 22.0. The van der Waals surface area contributed by atoms with Crippen LogP contribution in [0.2, 0.25) is 5.02 Å². The number of ether oxygens (including phenoxy) is 1. The normalized spacial score (nSPS) is 10.7. The number of benzene rings is 2. The Balaban J connectivity index is 1.60. The molecule has 2 heterocycles. The average molecular weight is 436 g/mol. The van der Waals surface area contributed by atoms with Crippen molar-refractivity contribution in [3.05, 3.63) is 65.8 Å². The van der Waals surface area contributed by atoms with Gasteiger partial charge < -0.3 is 9.84 Å². The summed E-state index contributed by atoms with van der Waals surface area (Å²) in [5.41, 5.74) is 3.00. The molecule has 0 bridgehead atoms. The van der Waals surface area contributed by atoms with Gasteiger partial charge in [0.15, 0.2) is 23.0 Å². The van der Waals surface area contributed by atoms with Gasteiger partial charge in [0.25, 0.3) is 0 Å². The fourth-order valence-electron chi connectivity index (χ4n) is 2.93. The van der Waals surface area contributed by atoms with Crippen LogP contribution in [-0.2, 0) is 0 Å². The fraction of sp³-hybridized carbons (Fsp3) is 0.0909. The fourth-order valence-corrected chi connectivity index (χ4v) is 3.06. The molecule has 31 heavy (non-hydrogen) atoms. The van der Waals surface area contributed by atoms with Gasteiger partial charge in [0.1, 0.15) is 5.52 Å². The van der Waals surface area contributed by atoms with Crippen LogP contribution in [0.15, 0.2) is 60.8 Å². The van der Waals surface area contributed by atoms with Gasteiger partial charge in [0, 0.05) is 23.3 Å². The minimum absolute atomic E-state index is 0.0432. The Bertz CT molecular complexity index is 1260. The summed E-state index contributed by atoms with van der Waals surface area (Å²) in [5.74, 6) is 0.657. The van der Waals surface area contributed by atoms with Crippen LogP contribution in [-0.4, -0.2) is 40.2 Å². The molecule has 0 aliphatic carbocycles. The zero-order valence-corrected chi connectivity index (χ0v) is 17.5. The van der Waals surface area contributed by atoms with Crippen molar-refractivity contribution in [1.82, 2.24) is 15.0 Å². The van der Waals surface area contributed by atoms with Crippen LogP contribution in [0.3, 0.4) is 0 Å². The summed E-state index contributed by atoms with van der Waals surface area (Å²) in [6, 6.07) is 15.1.